The highest BCUT2D eigenvalue weighted by Crippen LogP contribution is 1.79. The van der Waals surface area contributed by atoms with Gasteiger partial charge in [-0.25, -0.2) is 0 Å². The molecule has 4 nitrogen and oxygen atoms in total. The molecule has 0 unspecified atom stereocenters. The van der Waals surface area contributed by atoms with Crippen molar-refractivity contribution in [2.24, 2.45) is 0 Å². The monoisotopic (exact) mass is 187 g/mol. The number of carbonyl (C=O) groups excluding carboxylic acids is 1. The van der Waals surface area contributed by atoms with Crippen LogP contribution in [-0.4, -0.2) is 39.4 Å². The van der Waals surface area contributed by atoms with Gasteiger partial charge < -0.3 is 14.8 Å². The van der Waals surface area contributed by atoms with Crippen molar-refractivity contribution in [1.82, 2.24) is 5.32 Å². The first-order valence-electron chi connectivity index (χ1n) is 4.25. The van der Waals surface area contributed by atoms with Crippen molar-refractivity contribution < 1.29 is 14.3 Å². The first-order chi connectivity index (χ1) is 6.31. The fourth-order valence-corrected chi connectivity index (χ4v) is 0.672. The molecule has 0 aliphatic carbocycles. The fraction of sp³-hybridized carbons (Fsp3) is 0.667. The van der Waals surface area contributed by atoms with E-state index in [0.29, 0.717) is 19.8 Å². The van der Waals surface area contributed by atoms with E-state index in [-0.39, 0.29) is 12.5 Å². The van der Waals surface area contributed by atoms with Gasteiger partial charge in [-0.3, -0.25) is 4.79 Å². The first-order valence-corrected chi connectivity index (χ1v) is 4.25. The zero-order chi connectivity index (χ0) is 9.94. The Balaban J connectivity index is 3.15. The minimum absolute atomic E-state index is 0.0977. The summed E-state index contributed by atoms with van der Waals surface area (Å²) in [5.41, 5.74) is 0. The smallest absolute Gasteiger partial charge is 0.246 e. The van der Waals surface area contributed by atoms with Crippen molar-refractivity contribution in [3.63, 3.8) is 0 Å². The van der Waals surface area contributed by atoms with Crippen LogP contribution in [0, 0.1) is 0 Å². The second kappa shape index (κ2) is 9.22. The van der Waals surface area contributed by atoms with Gasteiger partial charge in [0, 0.05) is 13.7 Å². The topological polar surface area (TPSA) is 47.6 Å². The zero-order valence-corrected chi connectivity index (χ0v) is 8.04. The highest BCUT2D eigenvalue weighted by Gasteiger charge is 1.98. The van der Waals surface area contributed by atoms with Crippen LogP contribution in [-0.2, 0) is 14.3 Å². The van der Waals surface area contributed by atoms with Gasteiger partial charge in [0.1, 0.15) is 6.61 Å². The van der Waals surface area contributed by atoms with E-state index in [0.717, 1.165) is 6.42 Å². The first kappa shape index (κ1) is 12.1. The van der Waals surface area contributed by atoms with E-state index >= 15 is 0 Å². The Bertz CT molecular complexity index is 148. The van der Waals surface area contributed by atoms with E-state index in [1.165, 1.54) is 0 Å². The van der Waals surface area contributed by atoms with Crippen LogP contribution in [0.25, 0.3) is 0 Å². The summed E-state index contributed by atoms with van der Waals surface area (Å²) in [5.74, 6) is -0.0991. The summed E-state index contributed by atoms with van der Waals surface area (Å²) in [6, 6.07) is 0. The maximum Gasteiger partial charge on any atom is 0.246 e. The molecule has 0 aromatic heterocycles. The molecule has 13 heavy (non-hydrogen) atoms. The van der Waals surface area contributed by atoms with Gasteiger partial charge in [0.25, 0.3) is 0 Å². The highest BCUT2D eigenvalue weighted by atomic mass is 16.5. The largest absolute Gasteiger partial charge is 0.382 e. The number of ether oxygens (including phenoxy) is 2. The van der Waals surface area contributed by atoms with Crippen molar-refractivity contribution in [3.8, 4) is 0 Å². The minimum atomic E-state index is -0.0991. The maximum absolute atomic E-state index is 11.0. The summed E-state index contributed by atoms with van der Waals surface area (Å²) >= 11 is 0. The number of methoxy groups -OCH3 is 1. The Morgan fingerprint density at radius 1 is 1.54 bits per heavy atom. The van der Waals surface area contributed by atoms with Gasteiger partial charge in [-0.2, -0.15) is 0 Å². The number of carbonyl (C=O) groups is 1. The second-order valence-corrected chi connectivity index (χ2v) is 2.47. The molecule has 0 saturated heterocycles. The van der Waals surface area contributed by atoms with Crippen LogP contribution in [0.4, 0.5) is 0 Å². The summed E-state index contributed by atoms with van der Waals surface area (Å²) in [6.45, 7) is 5.23. The average Bonchev–Trinajstić information content (AvgIpc) is 2.13. The van der Waals surface area contributed by atoms with Gasteiger partial charge in [-0.15, -0.1) is 6.58 Å². The minimum Gasteiger partial charge on any atom is -0.382 e. The quantitative estimate of drug-likeness (QED) is 0.440. The lowest BCUT2D eigenvalue weighted by atomic mass is 10.4. The molecule has 0 fully saturated rings. The Morgan fingerprint density at radius 2 is 2.31 bits per heavy atom. The number of nitrogens with one attached hydrogen (secondary N) is 1. The number of hydrogen-bond donors (Lipinski definition) is 1. The van der Waals surface area contributed by atoms with Crippen molar-refractivity contribution in [2.45, 2.75) is 6.42 Å². The molecular formula is C9H17NO3. The fourth-order valence-electron chi connectivity index (χ4n) is 0.672. The molecule has 0 heterocycles. The molecule has 0 saturated carbocycles. The van der Waals surface area contributed by atoms with Gasteiger partial charge >= 0.3 is 0 Å². The zero-order valence-electron chi connectivity index (χ0n) is 8.04. The summed E-state index contributed by atoms with van der Waals surface area (Å²) in [6.07, 6.45) is 2.54. The number of rotatable bonds is 8. The van der Waals surface area contributed by atoms with Crippen LogP contribution >= 0.6 is 0 Å². The van der Waals surface area contributed by atoms with Crippen molar-refractivity contribution in [2.75, 3.05) is 33.5 Å². The summed E-state index contributed by atoms with van der Waals surface area (Å²) in [7, 11) is 1.59. The maximum atomic E-state index is 11.0. The third-order valence-electron chi connectivity index (χ3n) is 1.34. The van der Waals surface area contributed by atoms with E-state index in [4.69, 9.17) is 9.47 Å². The van der Waals surface area contributed by atoms with Crippen LogP contribution in [0.5, 0.6) is 0 Å². The van der Waals surface area contributed by atoms with Gasteiger partial charge in [0.2, 0.25) is 5.91 Å². The molecule has 4 heteroatoms. The predicted molar refractivity (Wildman–Crippen MR) is 50.5 cm³/mol. The predicted octanol–water partition coefficient (Wildman–Crippen LogP) is 0.342. The second-order valence-electron chi connectivity index (χ2n) is 2.47. The van der Waals surface area contributed by atoms with E-state index < -0.39 is 0 Å². The third kappa shape index (κ3) is 9.04. The molecule has 0 bridgehead atoms. The molecule has 0 aliphatic rings. The molecule has 0 radical (unpaired) electrons. The van der Waals surface area contributed by atoms with Gasteiger partial charge in [0.05, 0.1) is 13.2 Å². The molecule has 1 amide bonds. The van der Waals surface area contributed by atoms with Crippen LogP contribution in [0.1, 0.15) is 6.42 Å². The molecule has 0 aromatic carbocycles. The highest BCUT2D eigenvalue weighted by molar-refractivity contribution is 5.77. The molecule has 0 aromatic rings. The Kier molecular flexibility index (Phi) is 8.60. The molecule has 0 rings (SSSR count). The summed E-state index contributed by atoms with van der Waals surface area (Å²) in [5, 5.41) is 2.68. The normalized spacial score (nSPS) is 9.62. The van der Waals surface area contributed by atoms with Crippen molar-refractivity contribution >= 4 is 5.91 Å². The Morgan fingerprint density at radius 3 is 2.92 bits per heavy atom. The van der Waals surface area contributed by atoms with Gasteiger partial charge in [-0.05, 0) is 6.42 Å². The number of hydrogen-bond acceptors (Lipinski definition) is 3. The van der Waals surface area contributed by atoms with E-state index in [2.05, 4.69) is 11.9 Å². The van der Waals surface area contributed by atoms with E-state index in [1.807, 2.05) is 0 Å². The number of amides is 1. The Labute approximate surface area is 78.9 Å². The molecule has 76 valence electrons. The van der Waals surface area contributed by atoms with Crippen molar-refractivity contribution in [3.05, 3.63) is 12.7 Å². The summed E-state index contributed by atoms with van der Waals surface area (Å²) in [4.78, 5) is 11.0. The lowest BCUT2D eigenvalue weighted by Gasteiger charge is -2.04. The van der Waals surface area contributed by atoms with E-state index in [9.17, 15) is 4.79 Å². The SMILES string of the molecule is C=CCCNC(=O)COCCOC. The molecule has 1 N–H and O–H groups in total. The summed E-state index contributed by atoms with van der Waals surface area (Å²) < 4.78 is 9.76. The molecular weight excluding hydrogens is 170 g/mol. The van der Waals surface area contributed by atoms with Gasteiger partial charge in [-0.1, -0.05) is 6.08 Å². The third-order valence-corrected chi connectivity index (χ3v) is 1.34. The van der Waals surface area contributed by atoms with Crippen LogP contribution in [0.2, 0.25) is 0 Å². The standard InChI is InChI=1S/C9H17NO3/c1-3-4-5-10-9(11)8-13-7-6-12-2/h3H,1,4-8H2,2H3,(H,10,11). The van der Waals surface area contributed by atoms with Crippen LogP contribution in [0.15, 0.2) is 12.7 Å². The molecule has 0 aliphatic heterocycles. The Hall–Kier alpha value is -0.870. The van der Waals surface area contributed by atoms with Crippen molar-refractivity contribution in [1.29, 1.82) is 0 Å². The lowest BCUT2D eigenvalue weighted by Crippen LogP contribution is -2.28. The average molecular weight is 187 g/mol. The molecule has 0 spiro atoms. The lowest BCUT2D eigenvalue weighted by molar-refractivity contribution is -0.126. The van der Waals surface area contributed by atoms with Gasteiger partial charge in [0.15, 0.2) is 0 Å². The van der Waals surface area contributed by atoms with Crippen LogP contribution in [0.3, 0.4) is 0 Å². The van der Waals surface area contributed by atoms with Crippen LogP contribution < -0.4 is 5.32 Å². The van der Waals surface area contributed by atoms with E-state index in [1.54, 1.807) is 13.2 Å². The molecule has 0 atom stereocenters.